The van der Waals surface area contributed by atoms with Crippen molar-refractivity contribution in [1.82, 2.24) is 4.98 Å². The Hall–Kier alpha value is -4.60. The first-order chi connectivity index (χ1) is 20.6. The molecule has 0 aliphatic carbocycles. The molecule has 212 valence electrons. The van der Waals surface area contributed by atoms with Gasteiger partial charge in [-0.2, -0.15) is 0 Å². The van der Waals surface area contributed by atoms with Crippen LogP contribution in [-0.4, -0.2) is 30.0 Å². The molecule has 1 aromatic heterocycles. The van der Waals surface area contributed by atoms with Gasteiger partial charge in [-0.1, -0.05) is 48.5 Å². The molecule has 0 spiro atoms. The number of carbonyl (C=O) groups excluding carboxylic acids is 2. The highest BCUT2D eigenvalue weighted by Crippen LogP contribution is 2.37. The summed E-state index contributed by atoms with van der Waals surface area (Å²) in [4.78, 5) is 31.4. The van der Waals surface area contributed by atoms with Crippen LogP contribution < -0.4 is 20.1 Å². The van der Waals surface area contributed by atoms with Crippen LogP contribution in [0.15, 0.2) is 119 Å². The van der Waals surface area contributed by atoms with E-state index in [4.69, 9.17) is 9.47 Å². The zero-order chi connectivity index (χ0) is 29.1. The predicted octanol–water partition coefficient (Wildman–Crippen LogP) is 7.70. The number of nitrogens with zero attached hydrogens (tertiary/aromatic N) is 1. The van der Waals surface area contributed by atoms with E-state index in [0.29, 0.717) is 23.2 Å². The zero-order valence-electron chi connectivity index (χ0n) is 22.9. The van der Waals surface area contributed by atoms with Crippen LogP contribution in [0.1, 0.15) is 17.7 Å². The van der Waals surface area contributed by atoms with E-state index < -0.39 is 5.25 Å². The number of carbonyl (C=O) groups is 2. The number of anilines is 2. The van der Waals surface area contributed by atoms with Crippen molar-refractivity contribution in [2.75, 3.05) is 23.8 Å². The van der Waals surface area contributed by atoms with Crippen molar-refractivity contribution in [3.05, 3.63) is 120 Å². The Morgan fingerprint density at radius 3 is 2.17 bits per heavy atom. The highest BCUT2D eigenvalue weighted by atomic mass is 32.2. The number of thioether (sulfide) groups is 1. The third-order valence-electron chi connectivity index (χ3n) is 6.04. The summed E-state index contributed by atoms with van der Waals surface area (Å²) < 4.78 is 11.0. The normalized spacial score (nSPS) is 11.4. The van der Waals surface area contributed by atoms with E-state index in [-0.39, 0.29) is 18.4 Å². The first-order valence-corrected chi connectivity index (χ1v) is 15.1. The van der Waals surface area contributed by atoms with Crippen LogP contribution in [0.3, 0.4) is 0 Å². The Morgan fingerprint density at radius 2 is 1.48 bits per heavy atom. The lowest BCUT2D eigenvalue weighted by Crippen LogP contribution is -2.20. The Bertz CT molecular complexity index is 1590. The Balaban J connectivity index is 1.22. The number of hydrogen-bond donors (Lipinski definition) is 2. The van der Waals surface area contributed by atoms with Gasteiger partial charge in [0.15, 0.2) is 11.7 Å². The smallest absolute Gasteiger partial charge is 0.262 e. The summed E-state index contributed by atoms with van der Waals surface area (Å²) in [7, 11) is 0. The molecule has 0 radical (unpaired) electrons. The van der Waals surface area contributed by atoms with Crippen molar-refractivity contribution in [2.24, 2.45) is 0 Å². The number of benzene rings is 4. The minimum Gasteiger partial charge on any atom is -0.494 e. The molecule has 5 aromatic rings. The summed E-state index contributed by atoms with van der Waals surface area (Å²) in [5.41, 5.74) is 3.25. The summed E-state index contributed by atoms with van der Waals surface area (Å²) in [5.74, 6) is 1.01. The number of hydrogen-bond acceptors (Lipinski definition) is 7. The molecule has 0 aliphatic heterocycles. The summed E-state index contributed by atoms with van der Waals surface area (Å²) in [6.07, 6.45) is 0. The maximum Gasteiger partial charge on any atom is 0.262 e. The Morgan fingerprint density at radius 1 is 0.810 bits per heavy atom. The lowest BCUT2D eigenvalue weighted by atomic mass is 10.1. The van der Waals surface area contributed by atoms with E-state index in [0.717, 1.165) is 27.5 Å². The van der Waals surface area contributed by atoms with Gasteiger partial charge < -0.3 is 20.1 Å². The van der Waals surface area contributed by atoms with Gasteiger partial charge in [0.1, 0.15) is 16.7 Å². The number of aromatic nitrogens is 1. The molecule has 1 unspecified atom stereocenters. The number of ether oxygens (including phenoxy) is 2. The molecule has 5 rings (SSSR count). The second-order valence-electron chi connectivity index (χ2n) is 9.07. The Labute approximate surface area is 252 Å². The summed E-state index contributed by atoms with van der Waals surface area (Å²) in [6.45, 7) is 2.47. The van der Waals surface area contributed by atoms with Crippen molar-refractivity contribution in [2.45, 2.75) is 17.1 Å². The van der Waals surface area contributed by atoms with E-state index in [1.165, 1.54) is 23.1 Å². The molecule has 1 heterocycles. The van der Waals surface area contributed by atoms with Crippen molar-refractivity contribution < 1.29 is 19.1 Å². The van der Waals surface area contributed by atoms with Crippen molar-refractivity contribution in [3.63, 3.8) is 0 Å². The van der Waals surface area contributed by atoms with Gasteiger partial charge in [0.25, 0.3) is 5.91 Å². The largest absolute Gasteiger partial charge is 0.494 e. The van der Waals surface area contributed by atoms with Gasteiger partial charge in [-0.15, -0.1) is 23.1 Å². The highest BCUT2D eigenvalue weighted by Gasteiger charge is 2.23. The topological polar surface area (TPSA) is 89.6 Å². The molecule has 2 N–H and O–H groups in total. The minimum absolute atomic E-state index is 0.0895. The molecule has 2 amide bonds. The molecule has 4 aromatic carbocycles. The maximum atomic E-state index is 13.5. The van der Waals surface area contributed by atoms with Crippen LogP contribution in [0.4, 0.5) is 10.8 Å². The lowest BCUT2D eigenvalue weighted by Gasteiger charge is -2.16. The van der Waals surface area contributed by atoms with E-state index in [1.807, 2.05) is 109 Å². The first kappa shape index (κ1) is 28.9. The monoisotopic (exact) mass is 595 g/mol. The second kappa shape index (κ2) is 14.3. The van der Waals surface area contributed by atoms with Crippen molar-refractivity contribution >= 4 is 45.7 Å². The highest BCUT2D eigenvalue weighted by molar-refractivity contribution is 8.00. The SMILES string of the molecule is CCOc1ccc(-c2csc(NC(=O)C(Sc3ccc(NC(=O)COc4ccccc4)cc3)c3ccccc3)n2)cc1. The molecule has 7 nitrogen and oxygen atoms in total. The standard InChI is InChI=1S/C33H29N3O4S2/c1-2-39-27-17-13-23(14-18-27)29-22-41-33(35-29)36-32(38)31(24-9-5-3-6-10-24)42-28-19-15-25(16-20-28)34-30(37)21-40-26-11-7-4-8-12-26/h3-20,22,31H,2,21H2,1H3,(H,34,37)(H,35,36,38). The summed E-state index contributed by atoms with van der Waals surface area (Å²) in [6, 6.07) is 33.9. The van der Waals surface area contributed by atoms with Crippen LogP contribution in [0.5, 0.6) is 11.5 Å². The number of thiazole rings is 1. The Kier molecular flexibility index (Phi) is 9.87. The molecule has 0 fully saturated rings. The molecule has 0 saturated carbocycles. The third kappa shape index (κ3) is 7.99. The first-order valence-electron chi connectivity index (χ1n) is 13.4. The van der Waals surface area contributed by atoms with E-state index >= 15 is 0 Å². The quantitative estimate of drug-likeness (QED) is 0.144. The van der Waals surface area contributed by atoms with Gasteiger partial charge in [-0.3, -0.25) is 9.59 Å². The fourth-order valence-electron chi connectivity index (χ4n) is 4.04. The number of rotatable bonds is 12. The molecule has 1 atom stereocenters. The van der Waals surface area contributed by atoms with Gasteiger partial charge in [0.05, 0.1) is 12.3 Å². The van der Waals surface area contributed by atoms with Gasteiger partial charge >= 0.3 is 0 Å². The van der Waals surface area contributed by atoms with Crippen LogP contribution in [0.2, 0.25) is 0 Å². The number of amides is 2. The summed E-state index contributed by atoms with van der Waals surface area (Å²) in [5, 5.41) is 7.78. The van der Waals surface area contributed by atoms with Crippen LogP contribution in [-0.2, 0) is 9.59 Å². The van der Waals surface area contributed by atoms with Crippen LogP contribution in [0, 0.1) is 0 Å². The minimum atomic E-state index is -0.510. The van der Waals surface area contributed by atoms with Crippen molar-refractivity contribution in [1.29, 1.82) is 0 Å². The predicted molar refractivity (Wildman–Crippen MR) is 169 cm³/mol. The fourth-order valence-corrected chi connectivity index (χ4v) is 5.79. The molecule has 0 aliphatic rings. The van der Waals surface area contributed by atoms with Gasteiger partial charge in [-0.25, -0.2) is 4.98 Å². The van der Waals surface area contributed by atoms with E-state index in [2.05, 4.69) is 15.6 Å². The van der Waals surface area contributed by atoms with E-state index in [1.54, 1.807) is 12.1 Å². The second-order valence-corrected chi connectivity index (χ2v) is 11.1. The maximum absolute atomic E-state index is 13.5. The molecule has 0 bridgehead atoms. The molecule has 0 saturated heterocycles. The zero-order valence-corrected chi connectivity index (χ0v) is 24.5. The summed E-state index contributed by atoms with van der Waals surface area (Å²) >= 11 is 2.81. The molecule has 9 heteroatoms. The lowest BCUT2D eigenvalue weighted by molar-refractivity contribution is -0.118. The van der Waals surface area contributed by atoms with E-state index in [9.17, 15) is 9.59 Å². The molecular formula is C33H29N3O4S2. The van der Waals surface area contributed by atoms with Crippen LogP contribution in [0.25, 0.3) is 11.3 Å². The number of para-hydroxylation sites is 1. The fraction of sp³-hybridized carbons (Fsp3) is 0.121. The third-order valence-corrected chi connectivity index (χ3v) is 8.06. The van der Waals surface area contributed by atoms with Gasteiger partial charge in [0, 0.05) is 21.5 Å². The molecule has 42 heavy (non-hydrogen) atoms. The number of nitrogens with one attached hydrogen (secondary N) is 2. The van der Waals surface area contributed by atoms with Crippen molar-refractivity contribution in [3.8, 4) is 22.8 Å². The average Bonchev–Trinajstić information content (AvgIpc) is 3.49. The van der Waals surface area contributed by atoms with Gasteiger partial charge in [-0.05, 0) is 73.2 Å². The molecular weight excluding hydrogens is 567 g/mol. The van der Waals surface area contributed by atoms with Gasteiger partial charge in [0.2, 0.25) is 5.91 Å². The average molecular weight is 596 g/mol. The van der Waals surface area contributed by atoms with Crippen LogP contribution >= 0.6 is 23.1 Å².